The maximum absolute atomic E-state index is 11.7. The third-order valence-corrected chi connectivity index (χ3v) is 2.53. The first-order valence-electron chi connectivity index (χ1n) is 5.28. The Morgan fingerprint density at radius 3 is 2.82 bits per heavy atom. The van der Waals surface area contributed by atoms with Gasteiger partial charge in [0.2, 0.25) is 5.91 Å². The van der Waals surface area contributed by atoms with Gasteiger partial charge < -0.3 is 5.11 Å². The number of rotatable bonds is 2. The number of aliphatic carboxylic acids is 1. The molecule has 1 aliphatic heterocycles. The van der Waals surface area contributed by atoms with Crippen LogP contribution in [0.1, 0.15) is 18.4 Å². The molecule has 0 bridgehead atoms. The van der Waals surface area contributed by atoms with Gasteiger partial charge in [-0.25, -0.2) is 9.80 Å². The van der Waals surface area contributed by atoms with Crippen LogP contribution in [0.25, 0.3) is 0 Å². The van der Waals surface area contributed by atoms with E-state index in [-0.39, 0.29) is 24.5 Å². The van der Waals surface area contributed by atoms with Crippen molar-refractivity contribution in [2.75, 3.05) is 5.01 Å². The van der Waals surface area contributed by atoms with Crippen molar-refractivity contribution in [3.05, 3.63) is 29.8 Å². The molecule has 1 aromatic carbocycles. The molecule has 0 saturated heterocycles. The molecule has 2 rings (SSSR count). The van der Waals surface area contributed by atoms with Crippen LogP contribution in [0, 0.1) is 6.92 Å². The molecular weight excluding hydrogens is 220 g/mol. The molecule has 0 spiro atoms. The van der Waals surface area contributed by atoms with Crippen LogP contribution in [0.2, 0.25) is 0 Å². The monoisotopic (exact) mass is 232 g/mol. The van der Waals surface area contributed by atoms with Crippen molar-refractivity contribution in [2.45, 2.75) is 19.8 Å². The molecule has 5 nitrogen and oxygen atoms in total. The van der Waals surface area contributed by atoms with E-state index in [1.165, 1.54) is 5.01 Å². The maximum Gasteiger partial charge on any atom is 0.352 e. The largest absolute Gasteiger partial charge is 0.477 e. The SMILES string of the molecule is Cc1cccc(N2N=C(C(=O)O)CCC2=O)c1. The molecular formula is C12H12N2O3. The molecule has 17 heavy (non-hydrogen) atoms. The molecule has 1 aliphatic rings. The summed E-state index contributed by atoms with van der Waals surface area (Å²) in [7, 11) is 0. The number of carbonyl (C=O) groups excluding carboxylic acids is 1. The number of nitrogens with zero attached hydrogens (tertiary/aromatic N) is 2. The van der Waals surface area contributed by atoms with Crippen molar-refractivity contribution < 1.29 is 14.7 Å². The Morgan fingerprint density at radius 2 is 2.18 bits per heavy atom. The van der Waals surface area contributed by atoms with Crippen molar-refractivity contribution >= 4 is 23.3 Å². The second kappa shape index (κ2) is 4.37. The summed E-state index contributed by atoms with van der Waals surface area (Å²) in [6.07, 6.45) is 0.371. The summed E-state index contributed by atoms with van der Waals surface area (Å²) in [5, 5.41) is 13.9. The number of carbonyl (C=O) groups is 2. The number of carboxylic acids is 1. The molecule has 5 heteroatoms. The molecule has 1 N–H and O–H groups in total. The lowest BCUT2D eigenvalue weighted by molar-refractivity contribution is -0.129. The van der Waals surface area contributed by atoms with E-state index in [0.717, 1.165) is 5.56 Å². The molecule has 0 aromatic heterocycles. The van der Waals surface area contributed by atoms with E-state index in [0.29, 0.717) is 5.69 Å². The summed E-state index contributed by atoms with van der Waals surface area (Å²) in [6.45, 7) is 1.90. The quantitative estimate of drug-likeness (QED) is 0.841. The predicted octanol–water partition coefficient (Wildman–Crippen LogP) is 1.56. The first kappa shape index (κ1) is 11.3. The molecule has 88 valence electrons. The van der Waals surface area contributed by atoms with Gasteiger partial charge in [0.1, 0.15) is 5.71 Å². The van der Waals surface area contributed by atoms with Crippen molar-refractivity contribution in [1.29, 1.82) is 0 Å². The molecule has 1 heterocycles. The number of amides is 1. The van der Waals surface area contributed by atoms with E-state index >= 15 is 0 Å². The van der Waals surface area contributed by atoms with Gasteiger partial charge in [-0.3, -0.25) is 4.79 Å². The fourth-order valence-electron chi connectivity index (χ4n) is 1.67. The summed E-state index contributed by atoms with van der Waals surface area (Å²) in [5.41, 5.74) is 1.62. The van der Waals surface area contributed by atoms with E-state index in [4.69, 9.17) is 5.11 Å². The lowest BCUT2D eigenvalue weighted by Gasteiger charge is -2.22. The molecule has 0 aliphatic carbocycles. The van der Waals surface area contributed by atoms with Gasteiger partial charge in [-0.1, -0.05) is 12.1 Å². The average molecular weight is 232 g/mol. The number of carboxylic acid groups (broad SMARTS) is 1. The van der Waals surface area contributed by atoms with Crippen molar-refractivity contribution in [3.63, 3.8) is 0 Å². The Labute approximate surface area is 98.4 Å². The fraction of sp³-hybridized carbons (Fsp3) is 0.250. The molecule has 1 aromatic rings. The van der Waals surface area contributed by atoms with Gasteiger partial charge in [-0.05, 0) is 24.6 Å². The highest BCUT2D eigenvalue weighted by atomic mass is 16.4. The topological polar surface area (TPSA) is 70.0 Å². The molecule has 0 radical (unpaired) electrons. The zero-order valence-electron chi connectivity index (χ0n) is 9.38. The second-order valence-electron chi connectivity index (χ2n) is 3.90. The van der Waals surface area contributed by atoms with Crippen LogP contribution in [0.15, 0.2) is 29.4 Å². The number of hydrazone groups is 1. The third-order valence-electron chi connectivity index (χ3n) is 2.53. The number of benzene rings is 1. The molecule has 0 saturated carbocycles. The minimum absolute atomic E-state index is 0.0195. The lowest BCUT2D eigenvalue weighted by atomic mass is 10.1. The lowest BCUT2D eigenvalue weighted by Crippen LogP contribution is -2.34. The van der Waals surface area contributed by atoms with Gasteiger partial charge in [0.25, 0.3) is 0 Å². The van der Waals surface area contributed by atoms with Crippen LogP contribution in [-0.2, 0) is 9.59 Å². The molecule has 0 unspecified atom stereocenters. The predicted molar refractivity (Wildman–Crippen MR) is 63.0 cm³/mol. The van der Waals surface area contributed by atoms with Gasteiger partial charge in [-0.15, -0.1) is 0 Å². The van der Waals surface area contributed by atoms with Gasteiger partial charge in [0, 0.05) is 12.8 Å². The van der Waals surface area contributed by atoms with Crippen LogP contribution in [0.5, 0.6) is 0 Å². The van der Waals surface area contributed by atoms with Crippen LogP contribution in [0.3, 0.4) is 0 Å². The normalized spacial score (nSPS) is 15.7. The van der Waals surface area contributed by atoms with E-state index < -0.39 is 5.97 Å². The zero-order valence-corrected chi connectivity index (χ0v) is 9.38. The molecule has 0 fully saturated rings. The Kier molecular flexibility index (Phi) is 2.91. The highest BCUT2D eigenvalue weighted by Gasteiger charge is 2.25. The van der Waals surface area contributed by atoms with Crippen LogP contribution in [0.4, 0.5) is 5.69 Å². The smallest absolute Gasteiger partial charge is 0.352 e. The number of hydrogen-bond donors (Lipinski definition) is 1. The first-order chi connectivity index (χ1) is 8.08. The van der Waals surface area contributed by atoms with E-state index in [2.05, 4.69) is 5.10 Å². The summed E-state index contributed by atoms with van der Waals surface area (Å²) >= 11 is 0. The molecule has 1 amide bonds. The van der Waals surface area contributed by atoms with Gasteiger partial charge in [0.05, 0.1) is 5.69 Å². The van der Waals surface area contributed by atoms with E-state index in [9.17, 15) is 9.59 Å². The Balaban J connectivity index is 2.39. The Morgan fingerprint density at radius 1 is 1.41 bits per heavy atom. The fourth-order valence-corrected chi connectivity index (χ4v) is 1.67. The van der Waals surface area contributed by atoms with Gasteiger partial charge in [0.15, 0.2) is 0 Å². The Bertz CT molecular complexity index is 508. The van der Waals surface area contributed by atoms with Gasteiger partial charge in [-0.2, -0.15) is 5.10 Å². The summed E-state index contributed by atoms with van der Waals surface area (Å²) in [4.78, 5) is 22.5. The average Bonchev–Trinajstić information content (AvgIpc) is 2.29. The van der Waals surface area contributed by atoms with Crippen LogP contribution >= 0.6 is 0 Å². The minimum atomic E-state index is -1.07. The third kappa shape index (κ3) is 2.33. The number of hydrogen-bond acceptors (Lipinski definition) is 3. The van der Waals surface area contributed by atoms with E-state index in [1.54, 1.807) is 12.1 Å². The van der Waals surface area contributed by atoms with Crippen molar-refractivity contribution in [3.8, 4) is 0 Å². The highest BCUT2D eigenvalue weighted by molar-refractivity contribution is 6.37. The molecule has 0 atom stereocenters. The number of anilines is 1. The number of aryl methyl sites for hydroxylation is 1. The Hall–Kier alpha value is -2.17. The maximum atomic E-state index is 11.7. The minimum Gasteiger partial charge on any atom is -0.477 e. The van der Waals surface area contributed by atoms with Crippen molar-refractivity contribution in [1.82, 2.24) is 0 Å². The standard InChI is InChI=1S/C12H12N2O3/c1-8-3-2-4-9(7-8)14-11(15)6-5-10(13-14)12(16)17/h2-4,7H,5-6H2,1H3,(H,16,17). The zero-order chi connectivity index (χ0) is 12.4. The van der Waals surface area contributed by atoms with Crippen molar-refractivity contribution in [2.24, 2.45) is 5.10 Å². The summed E-state index contributed by atoms with van der Waals surface area (Å²) < 4.78 is 0. The van der Waals surface area contributed by atoms with Crippen LogP contribution < -0.4 is 5.01 Å². The first-order valence-corrected chi connectivity index (χ1v) is 5.28. The summed E-state index contributed by atoms with van der Waals surface area (Å²) in [6, 6.07) is 7.24. The highest BCUT2D eigenvalue weighted by Crippen LogP contribution is 2.21. The second-order valence-corrected chi connectivity index (χ2v) is 3.90. The van der Waals surface area contributed by atoms with Gasteiger partial charge >= 0.3 is 5.97 Å². The van der Waals surface area contributed by atoms with Crippen LogP contribution in [-0.4, -0.2) is 22.7 Å². The summed E-state index contributed by atoms with van der Waals surface area (Å²) in [5.74, 6) is -1.25. The van der Waals surface area contributed by atoms with E-state index in [1.807, 2.05) is 19.1 Å².